The van der Waals surface area contributed by atoms with Crippen LogP contribution in [0.5, 0.6) is 0 Å². The van der Waals surface area contributed by atoms with E-state index in [-0.39, 0.29) is 0 Å². The molecule has 0 amide bonds. The summed E-state index contributed by atoms with van der Waals surface area (Å²) in [6.45, 7) is 0. The Labute approximate surface area is 84.5 Å². The van der Waals surface area contributed by atoms with E-state index in [4.69, 9.17) is 0 Å². The number of hydrogen-bond donors (Lipinski definition) is 0. The highest BCUT2D eigenvalue weighted by Gasteiger charge is 2.01. The molecule has 2 heterocycles. The van der Waals surface area contributed by atoms with Gasteiger partial charge in [-0.05, 0) is 44.7 Å². The first-order valence-electron chi connectivity index (χ1n) is 2.84. The largest absolute Gasteiger partial charge is 0.142 e. The van der Waals surface area contributed by atoms with Gasteiger partial charge in [-0.1, -0.05) is 8.98 Å². The van der Waals surface area contributed by atoms with Gasteiger partial charge in [0.05, 0.1) is 0 Å². The molecule has 12 heavy (non-hydrogen) atoms. The Hall–Kier alpha value is -0.180. The van der Waals surface area contributed by atoms with E-state index >= 15 is 0 Å². The number of nitrogens with zero attached hydrogens (tertiary/aromatic N) is 4. The molecule has 0 aliphatic carbocycles. The normalized spacial score (nSPS) is 10.3. The molecule has 0 saturated carbocycles. The van der Waals surface area contributed by atoms with Crippen molar-refractivity contribution in [2.45, 2.75) is 10.1 Å². The summed E-state index contributed by atoms with van der Waals surface area (Å²) >= 11 is 2.70. The van der Waals surface area contributed by atoms with Gasteiger partial charge < -0.3 is 0 Å². The maximum Gasteiger partial charge on any atom is 0.142 e. The molecule has 0 N–H and O–H groups in total. The maximum atomic E-state index is 3.88. The van der Waals surface area contributed by atoms with Crippen molar-refractivity contribution in [3.63, 3.8) is 0 Å². The summed E-state index contributed by atoms with van der Waals surface area (Å²) in [7, 11) is 3.08. The number of hydrogen-bond acceptors (Lipinski definition) is 8. The minimum absolute atomic E-state index is 0.915. The molecule has 0 spiro atoms. The summed E-state index contributed by atoms with van der Waals surface area (Å²) in [4.78, 5) is 0. The number of aromatic nitrogens is 4. The summed E-state index contributed by atoms with van der Waals surface area (Å²) in [5.74, 6) is 0. The summed E-state index contributed by atoms with van der Waals surface area (Å²) in [5.41, 5.74) is 0. The van der Waals surface area contributed by atoms with E-state index in [1.165, 1.54) is 23.1 Å². The SMILES string of the molecule is c1snnc1SSc1csnn1. The van der Waals surface area contributed by atoms with Gasteiger partial charge >= 0.3 is 0 Å². The predicted octanol–water partition coefficient (Wildman–Crippen LogP) is 2.19. The molecule has 0 radical (unpaired) electrons. The Morgan fingerprint density at radius 1 is 0.917 bits per heavy atom. The lowest BCUT2D eigenvalue weighted by atomic mass is 11.0. The third-order valence-corrected chi connectivity index (χ3v) is 4.30. The van der Waals surface area contributed by atoms with Gasteiger partial charge in [0.25, 0.3) is 0 Å². The molecule has 2 aromatic rings. The molecule has 0 atom stereocenters. The van der Waals surface area contributed by atoms with Crippen molar-refractivity contribution in [1.29, 1.82) is 0 Å². The predicted molar refractivity (Wildman–Crippen MR) is 51.5 cm³/mol. The molecular weight excluding hydrogens is 232 g/mol. The van der Waals surface area contributed by atoms with Crippen LogP contribution in [0.15, 0.2) is 20.8 Å². The van der Waals surface area contributed by atoms with E-state index in [2.05, 4.69) is 19.2 Å². The highest BCUT2D eigenvalue weighted by Crippen LogP contribution is 2.35. The third-order valence-electron chi connectivity index (χ3n) is 0.893. The van der Waals surface area contributed by atoms with Crippen LogP contribution < -0.4 is 0 Å². The zero-order valence-corrected chi connectivity index (χ0v) is 8.84. The lowest BCUT2D eigenvalue weighted by Gasteiger charge is -1.88. The maximum absolute atomic E-state index is 3.88. The van der Waals surface area contributed by atoms with Crippen LogP contribution in [0.4, 0.5) is 0 Å². The van der Waals surface area contributed by atoms with Crippen LogP contribution in [0, 0.1) is 0 Å². The molecule has 62 valence electrons. The van der Waals surface area contributed by atoms with Gasteiger partial charge in [-0.25, -0.2) is 0 Å². The van der Waals surface area contributed by atoms with Gasteiger partial charge in [0, 0.05) is 10.8 Å². The molecule has 0 saturated heterocycles. The van der Waals surface area contributed by atoms with E-state index in [1.807, 2.05) is 10.8 Å². The van der Waals surface area contributed by atoms with E-state index in [9.17, 15) is 0 Å². The summed E-state index contributed by atoms with van der Waals surface area (Å²) in [6.07, 6.45) is 0. The second-order valence-electron chi connectivity index (χ2n) is 1.65. The first-order valence-corrected chi connectivity index (χ1v) is 6.66. The Kier molecular flexibility index (Phi) is 2.93. The van der Waals surface area contributed by atoms with Gasteiger partial charge in [0.2, 0.25) is 0 Å². The van der Waals surface area contributed by atoms with Gasteiger partial charge in [-0.15, -0.1) is 10.2 Å². The van der Waals surface area contributed by atoms with Crippen LogP contribution in [0.3, 0.4) is 0 Å². The molecule has 4 nitrogen and oxygen atoms in total. The third kappa shape index (κ3) is 2.16. The van der Waals surface area contributed by atoms with Crippen LogP contribution in [0.1, 0.15) is 0 Å². The molecule has 0 unspecified atom stereocenters. The standard InChI is InChI=1S/C4H2N4S4/c1-3(5-7-9-1)11-12-4-2-10-8-6-4/h1-2H. The Morgan fingerprint density at radius 3 is 1.75 bits per heavy atom. The molecule has 0 fully saturated rings. The van der Waals surface area contributed by atoms with Crippen LogP contribution in [-0.2, 0) is 0 Å². The highest BCUT2D eigenvalue weighted by atomic mass is 33.1. The smallest absolute Gasteiger partial charge is 0.131 e. The zero-order chi connectivity index (χ0) is 8.23. The van der Waals surface area contributed by atoms with Crippen molar-refractivity contribution in [1.82, 2.24) is 19.2 Å². The topological polar surface area (TPSA) is 51.6 Å². The molecule has 0 aromatic carbocycles. The molecule has 0 aliphatic rings. The minimum Gasteiger partial charge on any atom is -0.131 e. The highest BCUT2D eigenvalue weighted by molar-refractivity contribution is 8.76. The summed E-state index contributed by atoms with van der Waals surface area (Å²) < 4.78 is 7.49. The Bertz CT molecular complexity index is 282. The zero-order valence-electron chi connectivity index (χ0n) is 5.58. The Morgan fingerprint density at radius 2 is 1.42 bits per heavy atom. The van der Waals surface area contributed by atoms with E-state index in [0.717, 1.165) is 10.1 Å². The van der Waals surface area contributed by atoms with Crippen LogP contribution in [0.25, 0.3) is 0 Å². The molecule has 2 aromatic heterocycles. The fourth-order valence-corrected chi connectivity index (χ4v) is 3.52. The average Bonchev–Trinajstić information content (AvgIpc) is 2.74. The number of rotatable bonds is 3. The second kappa shape index (κ2) is 4.17. The van der Waals surface area contributed by atoms with Gasteiger partial charge in [-0.3, -0.25) is 0 Å². The average molecular weight is 234 g/mol. The van der Waals surface area contributed by atoms with E-state index < -0.39 is 0 Å². The van der Waals surface area contributed by atoms with E-state index in [0.29, 0.717) is 0 Å². The van der Waals surface area contributed by atoms with E-state index in [1.54, 1.807) is 21.6 Å². The van der Waals surface area contributed by atoms with Crippen LogP contribution >= 0.6 is 44.7 Å². The minimum atomic E-state index is 0.915. The van der Waals surface area contributed by atoms with Gasteiger partial charge in [0.1, 0.15) is 10.1 Å². The summed E-state index contributed by atoms with van der Waals surface area (Å²) in [5, 5.41) is 13.4. The van der Waals surface area contributed by atoms with Crippen molar-refractivity contribution >= 4 is 44.7 Å². The van der Waals surface area contributed by atoms with Crippen molar-refractivity contribution in [2.24, 2.45) is 0 Å². The van der Waals surface area contributed by atoms with Crippen LogP contribution in [0.2, 0.25) is 0 Å². The van der Waals surface area contributed by atoms with Gasteiger partial charge in [-0.2, -0.15) is 0 Å². The lowest BCUT2D eigenvalue weighted by Crippen LogP contribution is -1.69. The molecule has 2 rings (SSSR count). The van der Waals surface area contributed by atoms with Crippen molar-refractivity contribution < 1.29 is 0 Å². The van der Waals surface area contributed by atoms with Crippen LogP contribution in [-0.4, -0.2) is 19.2 Å². The first kappa shape index (κ1) is 8.42. The lowest BCUT2D eigenvalue weighted by molar-refractivity contribution is 1.03. The van der Waals surface area contributed by atoms with Crippen molar-refractivity contribution in [2.75, 3.05) is 0 Å². The first-order chi connectivity index (χ1) is 5.95. The quantitative estimate of drug-likeness (QED) is 0.759. The van der Waals surface area contributed by atoms with Crippen molar-refractivity contribution in [3.05, 3.63) is 10.8 Å². The molecule has 8 heteroatoms. The monoisotopic (exact) mass is 234 g/mol. The molecule has 0 aliphatic heterocycles. The molecule has 0 bridgehead atoms. The van der Waals surface area contributed by atoms with Gasteiger partial charge in [0.15, 0.2) is 0 Å². The molecular formula is C4H2N4S4. The van der Waals surface area contributed by atoms with Crippen molar-refractivity contribution in [3.8, 4) is 0 Å². The second-order valence-corrected chi connectivity index (χ2v) is 5.04. The summed E-state index contributed by atoms with van der Waals surface area (Å²) in [6, 6.07) is 0. The fourth-order valence-electron chi connectivity index (χ4n) is 0.470. The Balaban J connectivity index is 1.91. The fraction of sp³-hybridized carbons (Fsp3) is 0.